The van der Waals surface area contributed by atoms with Crippen LogP contribution in [0.1, 0.15) is 30.4 Å². The van der Waals surface area contributed by atoms with Crippen LogP contribution in [-0.2, 0) is 11.3 Å². The van der Waals surface area contributed by atoms with Gasteiger partial charge in [-0.25, -0.2) is 0 Å². The Hall–Kier alpha value is -2.67. The molecule has 5 rings (SSSR count). The van der Waals surface area contributed by atoms with E-state index in [-0.39, 0.29) is 5.91 Å². The van der Waals surface area contributed by atoms with Gasteiger partial charge >= 0.3 is 0 Å². The van der Waals surface area contributed by atoms with E-state index in [9.17, 15) is 4.79 Å². The Morgan fingerprint density at radius 2 is 1.54 bits per heavy atom. The topological polar surface area (TPSA) is 42.1 Å². The highest BCUT2D eigenvalue weighted by atomic mass is 16.2. The number of carbonyl (C=O) groups excluding carboxylic acids is 1. The lowest BCUT2D eigenvalue weighted by Crippen LogP contribution is -2.55. The SMILES string of the molecule is [CH]c1ccc(NC(=C)C2CCN(CC(=O)N3CCN(C4CCN(Cc5ccccc5)CC4)CC3)C2)cc1. The van der Waals surface area contributed by atoms with Gasteiger partial charge in [-0.3, -0.25) is 19.5 Å². The van der Waals surface area contributed by atoms with Crippen LogP contribution in [-0.4, -0.2) is 90.5 Å². The van der Waals surface area contributed by atoms with Crippen LogP contribution in [0.4, 0.5) is 5.69 Å². The number of likely N-dealkylation sites (tertiary alicyclic amines) is 2. The second-order valence-corrected chi connectivity index (χ2v) is 10.9. The minimum Gasteiger partial charge on any atom is -0.359 e. The molecule has 3 fully saturated rings. The maximum atomic E-state index is 13.1. The molecule has 3 aliphatic rings. The zero-order valence-corrected chi connectivity index (χ0v) is 22.0. The predicted octanol–water partition coefficient (Wildman–Crippen LogP) is 3.80. The number of hydrogen-bond donors (Lipinski definition) is 1. The third kappa shape index (κ3) is 7.01. The van der Waals surface area contributed by atoms with Gasteiger partial charge in [-0.2, -0.15) is 0 Å². The van der Waals surface area contributed by atoms with Crippen LogP contribution in [0.5, 0.6) is 0 Å². The third-order valence-corrected chi connectivity index (χ3v) is 8.33. The number of nitrogens with zero attached hydrogens (tertiary/aromatic N) is 4. The van der Waals surface area contributed by atoms with Crippen LogP contribution < -0.4 is 5.32 Å². The number of rotatable bonds is 8. The quantitative estimate of drug-likeness (QED) is 0.599. The van der Waals surface area contributed by atoms with Crippen molar-refractivity contribution in [3.05, 3.63) is 84.9 Å². The molecule has 2 radical (unpaired) electrons. The molecule has 3 heterocycles. The summed E-state index contributed by atoms with van der Waals surface area (Å²) in [4.78, 5) is 22.6. The van der Waals surface area contributed by atoms with Crippen LogP contribution in [0, 0.1) is 12.8 Å². The van der Waals surface area contributed by atoms with E-state index < -0.39 is 0 Å². The molecule has 0 spiro atoms. The number of nitrogens with one attached hydrogen (secondary N) is 1. The van der Waals surface area contributed by atoms with Crippen molar-refractivity contribution in [1.82, 2.24) is 19.6 Å². The second kappa shape index (κ2) is 12.2. The highest BCUT2D eigenvalue weighted by Gasteiger charge is 2.31. The average molecular weight is 500 g/mol. The lowest BCUT2D eigenvalue weighted by Gasteiger charge is -2.43. The maximum Gasteiger partial charge on any atom is 0.236 e. The highest BCUT2D eigenvalue weighted by Crippen LogP contribution is 2.25. The molecule has 0 saturated carbocycles. The van der Waals surface area contributed by atoms with Crippen molar-refractivity contribution < 1.29 is 4.79 Å². The smallest absolute Gasteiger partial charge is 0.236 e. The molecule has 2 aromatic carbocycles. The Morgan fingerprint density at radius 3 is 2.24 bits per heavy atom. The number of hydrogen-bond acceptors (Lipinski definition) is 5. The summed E-state index contributed by atoms with van der Waals surface area (Å²) in [7, 11) is 0. The summed E-state index contributed by atoms with van der Waals surface area (Å²) in [6.07, 6.45) is 3.49. The minimum atomic E-state index is 0.273. The van der Waals surface area contributed by atoms with Crippen LogP contribution >= 0.6 is 0 Å². The van der Waals surface area contributed by atoms with Crippen LogP contribution in [0.2, 0.25) is 0 Å². The van der Waals surface area contributed by atoms with Crippen molar-refractivity contribution >= 4 is 11.6 Å². The highest BCUT2D eigenvalue weighted by molar-refractivity contribution is 5.78. The van der Waals surface area contributed by atoms with Crippen LogP contribution in [0.15, 0.2) is 66.9 Å². The number of anilines is 1. The zero-order valence-electron chi connectivity index (χ0n) is 22.0. The van der Waals surface area contributed by atoms with Crippen LogP contribution in [0.25, 0.3) is 0 Å². The van der Waals surface area contributed by atoms with Crippen molar-refractivity contribution in [3.8, 4) is 0 Å². The first kappa shape index (κ1) is 26.0. The van der Waals surface area contributed by atoms with Crippen LogP contribution in [0.3, 0.4) is 0 Å². The van der Waals surface area contributed by atoms with Gasteiger partial charge in [-0.15, -0.1) is 0 Å². The van der Waals surface area contributed by atoms with Gasteiger partial charge in [0.05, 0.1) is 6.54 Å². The molecule has 2 aromatic rings. The summed E-state index contributed by atoms with van der Waals surface area (Å²) in [6.45, 7) is 19.5. The Kier molecular flexibility index (Phi) is 8.59. The van der Waals surface area contributed by atoms with E-state index >= 15 is 0 Å². The largest absolute Gasteiger partial charge is 0.359 e. The van der Waals surface area contributed by atoms with Crippen molar-refractivity contribution in [3.63, 3.8) is 0 Å². The van der Waals surface area contributed by atoms with Crippen molar-refractivity contribution in [2.24, 2.45) is 5.92 Å². The molecule has 196 valence electrons. The molecule has 0 aliphatic carbocycles. The summed E-state index contributed by atoms with van der Waals surface area (Å²) >= 11 is 0. The minimum absolute atomic E-state index is 0.273. The summed E-state index contributed by atoms with van der Waals surface area (Å²) < 4.78 is 0. The zero-order chi connectivity index (χ0) is 25.6. The monoisotopic (exact) mass is 499 g/mol. The Bertz CT molecular complexity index is 1020. The first-order valence-electron chi connectivity index (χ1n) is 13.9. The van der Waals surface area contributed by atoms with E-state index in [1.807, 2.05) is 24.3 Å². The molecular formula is C31H41N5O. The number of amides is 1. The van der Waals surface area contributed by atoms with E-state index in [2.05, 4.69) is 61.8 Å². The number of piperidine rings is 1. The van der Waals surface area contributed by atoms with Gasteiger partial charge in [0.15, 0.2) is 0 Å². The van der Waals surface area contributed by atoms with Gasteiger partial charge in [0.25, 0.3) is 0 Å². The summed E-state index contributed by atoms with van der Waals surface area (Å²) in [6, 6.07) is 19.2. The Labute approximate surface area is 222 Å². The number of carbonyl (C=O) groups is 1. The van der Waals surface area contributed by atoms with E-state index in [1.54, 1.807) is 0 Å². The molecule has 0 bridgehead atoms. The second-order valence-electron chi connectivity index (χ2n) is 10.9. The molecule has 3 aliphatic heterocycles. The van der Waals surface area contributed by atoms with E-state index in [0.29, 0.717) is 18.5 Å². The molecule has 3 saturated heterocycles. The first-order chi connectivity index (χ1) is 18.0. The molecule has 37 heavy (non-hydrogen) atoms. The van der Waals surface area contributed by atoms with Crippen molar-refractivity contribution in [2.45, 2.75) is 31.8 Å². The van der Waals surface area contributed by atoms with Gasteiger partial charge in [-0.05, 0) is 69.1 Å². The van der Waals surface area contributed by atoms with E-state index in [4.69, 9.17) is 6.92 Å². The molecular weight excluding hydrogens is 458 g/mol. The van der Waals surface area contributed by atoms with Crippen molar-refractivity contribution in [2.75, 3.05) is 64.2 Å². The van der Waals surface area contributed by atoms with Gasteiger partial charge in [-0.1, -0.05) is 49.0 Å². The van der Waals surface area contributed by atoms with E-state index in [0.717, 1.165) is 82.3 Å². The maximum absolute atomic E-state index is 13.1. The lowest BCUT2D eigenvalue weighted by molar-refractivity contribution is -0.134. The van der Waals surface area contributed by atoms with Gasteiger partial charge in [0.1, 0.15) is 0 Å². The fourth-order valence-electron chi connectivity index (χ4n) is 6.03. The number of benzene rings is 2. The molecule has 6 nitrogen and oxygen atoms in total. The molecule has 1 amide bonds. The first-order valence-corrected chi connectivity index (χ1v) is 13.9. The molecule has 1 N–H and O–H groups in total. The van der Waals surface area contributed by atoms with Crippen molar-refractivity contribution in [1.29, 1.82) is 0 Å². The number of piperazine rings is 1. The molecule has 6 heteroatoms. The fraction of sp³-hybridized carbons (Fsp3) is 0.484. The fourth-order valence-corrected chi connectivity index (χ4v) is 6.03. The Balaban J connectivity index is 1.00. The molecule has 0 aromatic heterocycles. The van der Waals surface area contributed by atoms with Gasteiger partial charge < -0.3 is 10.2 Å². The lowest BCUT2D eigenvalue weighted by atomic mass is 10.0. The predicted molar refractivity (Wildman–Crippen MR) is 150 cm³/mol. The summed E-state index contributed by atoms with van der Waals surface area (Å²) in [5, 5.41) is 3.42. The van der Waals surface area contributed by atoms with E-state index in [1.165, 1.54) is 18.4 Å². The normalized spacial score (nSPS) is 22.3. The average Bonchev–Trinajstić information content (AvgIpc) is 3.40. The summed E-state index contributed by atoms with van der Waals surface area (Å²) in [5.74, 6) is 0.630. The van der Waals surface area contributed by atoms with Gasteiger partial charge in [0.2, 0.25) is 5.91 Å². The molecule has 1 unspecified atom stereocenters. The Morgan fingerprint density at radius 1 is 0.865 bits per heavy atom. The summed E-state index contributed by atoms with van der Waals surface area (Å²) in [5.41, 5.74) is 4.18. The third-order valence-electron chi connectivity index (χ3n) is 8.33. The standard InChI is InChI=1S/C31H41N5O/c1-25-8-10-29(11-9-25)32-26(2)28-12-15-34(23-28)24-31(37)36-20-18-35(19-21-36)30-13-16-33(17-14-30)22-27-6-4-3-5-7-27/h1,3-11,28,30,32H,2,12-24H2. The van der Waals surface area contributed by atoms with Gasteiger partial charge in [0, 0.05) is 62.6 Å². The molecule has 1 atom stereocenters.